The van der Waals surface area contributed by atoms with Crippen LogP contribution < -0.4 is 9.47 Å². The van der Waals surface area contributed by atoms with Crippen LogP contribution in [0.3, 0.4) is 0 Å². The molecule has 4 aromatic carbocycles. The van der Waals surface area contributed by atoms with E-state index in [1.807, 2.05) is 44.2 Å². The van der Waals surface area contributed by atoms with Crippen LogP contribution in [0.5, 0.6) is 11.5 Å². The number of rotatable bonds is 19. The summed E-state index contributed by atoms with van der Waals surface area (Å²) >= 11 is 13.1. The lowest BCUT2D eigenvalue weighted by Gasteiger charge is -2.15. The van der Waals surface area contributed by atoms with E-state index < -0.39 is 24.0 Å². The van der Waals surface area contributed by atoms with Gasteiger partial charge in [0, 0.05) is 11.6 Å². The molecule has 0 N–H and O–H groups in total. The zero-order valence-corrected chi connectivity index (χ0v) is 31.9. The van der Waals surface area contributed by atoms with Gasteiger partial charge in [-0.2, -0.15) is 0 Å². The van der Waals surface area contributed by atoms with Crippen LogP contribution in [-0.4, -0.2) is 37.2 Å². The number of halogens is 2. The molecule has 4 rings (SSSR count). The molecule has 0 saturated carbocycles. The molecule has 0 spiro atoms. The molecule has 0 unspecified atom stereocenters. The predicted molar refractivity (Wildman–Crippen MR) is 208 cm³/mol. The molecule has 0 aliphatic carbocycles. The van der Waals surface area contributed by atoms with Gasteiger partial charge < -0.3 is 18.9 Å². The molecule has 0 aliphatic rings. The number of hydrogen-bond donors (Lipinski definition) is 0. The van der Waals surface area contributed by atoms with E-state index in [1.165, 1.54) is 39.0 Å². The number of carbonyl (C=O) groups excluding carboxylic acids is 3. The van der Waals surface area contributed by atoms with Gasteiger partial charge in [0.05, 0.1) is 34.4 Å². The number of carbonyl (C=O) groups is 3. The zero-order chi connectivity index (χ0) is 37.5. The Balaban J connectivity index is 1.28. The average Bonchev–Trinajstić information content (AvgIpc) is 3.15. The Hall–Kier alpha value is -4.33. The molecule has 0 bridgehead atoms. The smallest absolute Gasteiger partial charge is 0.347 e. The summed E-state index contributed by atoms with van der Waals surface area (Å²) in [6.07, 6.45) is 8.39. The SMILES string of the molecule is CCCCCCCCCOc1ccc(-c2ccc(C(=O)Oc3ccc(-c4ccc(C(=O)O[C@@H](C)C(=O)OC[C@@H](C)CC)cc4)c(Cl)c3)cc2)cc1Cl. The summed E-state index contributed by atoms with van der Waals surface area (Å²) in [7, 11) is 0. The normalized spacial score (nSPS) is 12.1. The van der Waals surface area contributed by atoms with Crippen LogP contribution in [0.15, 0.2) is 84.9 Å². The van der Waals surface area contributed by atoms with Crippen molar-refractivity contribution in [3.8, 4) is 33.8 Å². The lowest BCUT2D eigenvalue weighted by Crippen LogP contribution is -2.27. The second-order valence-electron chi connectivity index (χ2n) is 13.0. The molecular weight excluding hydrogens is 699 g/mol. The minimum Gasteiger partial charge on any atom is -0.492 e. The third kappa shape index (κ3) is 12.1. The van der Waals surface area contributed by atoms with Gasteiger partial charge in [-0.05, 0) is 84.5 Å². The maximum absolute atomic E-state index is 13.0. The molecule has 9 heteroatoms. The first-order valence-electron chi connectivity index (χ1n) is 18.1. The Morgan fingerprint density at radius 2 is 1.27 bits per heavy atom. The highest BCUT2D eigenvalue weighted by atomic mass is 35.5. The lowest BCUT2D eigenvalue weighted by molar-refractivity contribution is -0.154. The molecule has 0 aromatic heterocycles. The third-order valence-electron chi connectivity index (χ3n) is 8.80. The van der Waals surface area contributed by atoms with Crippen molar-refractivity contribution in [1.82, 2.24) is 0 Å². The summed E-state index contributed by atoms with van der Waals surface area (Å²) in [5.74, 6) is -0.562. The van der Waals surface area contributed by atoms with Crippen LogP contribution in [0, 0.1) is 5.92 Å². The van der Waals surface area contributed by atoms with E-state index in [2.05, 4.69) is 6.92 Å². The van der Waals surface area contributed by atoms with Crippen molar-refractivity contribution in [2.75, 3.05) is 13.2 Å². The van der Waals surface area contributed by atoms with Crippen LogP contribution in [0.2, 0.25) is 10.0 Å². The fourth-order valence-corrected chi connectivity index (χ4v) is 5.83. The van der Waals surface area contributed by atoms with Gasteiger partial charge in [0.25, 0.3) is 0 Å². The average molecular weight is 748 g/mol. The maximum Gasteiger partial charge on any atom is 0.347 e. The van der Waals surface area contributed by atoms with Crippen molar-refractivity contribution >= 4 is 41.1 Å². The Morgan fingerprint density at radius 1 is 0.654 bits per heavy atom. The van der Waals surface area contributed by atoms with Crippen LogP contribution in [0.1, 0.15) is 99.8 Å². The number of esters is 3. The van der Waals surface area contributed by atoms with Gasteiger partial charge in [-0.25, -0.2) is 14.4 Å². The fourth-order valence-electron chi connectivity index (χ4n) is 5.32. The van der Waals surface area contributed by atoms with Crippen molar-refractivity contribution in [3.05, 3.63) is 106 Å². The summed E-state index contributed by atoms with van der Waals surface area (Å²) < 4.78 is 22.0. The zero-order valence-electron chi connectivity index (χ0n) is 30.4. The summed E-state index contributed by atoms with van der Waals surface area (Å²) in [6.45, 7) is 8.61. The van der Waals surface area contributed by atoms with Crippen molar-refractivity contribution in [3.63, 3.8) is 0 Å². The molecule has 0 fully saturated rings. The first-order chi connectivity index (χ1) is 25.1. The maximum atomic E-state index is 13.0. The second-order valence-corrected chi connectivity index (χ2v) is 13.8. The monoisotopic (exact) mass is 746 g/mol. The molecule has 0 radical (unpaired) electrons. The molecule has 0 saturated heterocycles. The Kier molecular flexibility index (Phi) is 16.1. The van der Waals surface area contributed by atoms with Gasteiger partial charge in [0.15, 0.2) is 6.10 Å². The lowest BCUT2D eigenvalue weighted by atomic mass is 10.0. The van der Waals surface area contributed by atoms with E-state index in [0.29, 0.717) is 33.5 Å². The van der Waals surface area contributed by atoms with E-state index in [1.54, 1.807) is 54.6 Å². The predicted octanol–water partition coefficient (Wildman–Crippen LogP) is 11.8. The fraction of sp³-hybridized carbons (Fsp3) is 0.372. The molecule has 0 heterocycles. The molecule has 276 valence electrons. The number of hydrogen-bond acceptors (Lipinski definition) is 7. The number of benzene rings is 4. The van der Waals surface area contributed by atoms with Crippen LogP contribution in [-0.2, 0) is 14.3 Å². The van der Waals surface area contributed by atoms with Gasteiger partial charge in [0.2, 0.25) is 0 Å². The summed E-state index contributed by atoms with van der Waals surface area (Å²) in [5, 5.41) is 0.907. The second kappa shape index (κ2) is 20.6. The molecule has 0 aliphatic heterocycles. The highest BCUT2D eigenvalue weighted by Crippen LogP contribution is 2.33. The Morgan fingerprint density at radius 3 is 1.90 bits per heavy atom. The molecule has 2 atom stereocenters. The van der Waals surface area contributed by atoms with Crippen molar-refractivity contribution < 1.29 is 33.3 Å². The van der Waals surface area contributed by atoms with Gasteiger partial charge in [-0.3, -0.25) is 0 Å². The van der Waals surface area contributed by atoms with Gasteiger partial charge in [-0.15, -0.1) is 0 Å². The summed E-state index contributed by atoms with van der Waals surface area (Å²) in [4.78, 5) is 37.8. The van der Waals surface area contributed by atoms with Crippen LogP contribution in [0.4, 0.5) is 0 Å². The standard InChI is InChI=1S/C43H48Cl2O7/c1-5-7-8-9-10-11-12-25-49-40-24-21-35(26-39(40)45)31-13-17-34(18-14-31)43(48)52-36-22-23-37(38(44)27-36)32-15-19-33(20-16-32)42(47)51-30(4)41(46)50-28-29(3)6-2/h13-24,26-27,29-30H,5-12,25,28H2,1-4H3/t29-,30-/m0/s1. The highest BCUT2D eigenvalue weighted by molar-refractivity contribution is 6.33. The quantitative estimate of drug-likeness (QED) is 0.0536. The molecule has 4 aromatic rings. The molecule has 52 heavy (non-hydrogen) atoms. The summed E-state index contributed by atoms with van der Waals surface area (Å²) in [6, 6.07) is 24.4. The third-order valence-corrected chi connectivity index (χ3v) is 9.40. The molecular formula is C43H48Cl2O7. The van der Waals surface area contributed by atoms with Gasteiger partial charge in [-0.1, -0.05) is 119 Å². The molecule has 0 amide bonds. The van der Waals surface area contributed by atoms with E-state index in [4.69, 9.17) is 42.1 Å². The Labute approximate surface area is 317 Å². The first kappa shape index (κ1) is 40.4. The van der Waals surface area contributed by atoms with Crippen molar-refractivity contribution in [2.45, 2.75) is 85.2 Å². The largest absolute Gasteiger partial charge is 0.492 e. The van der Waals surface area contributed by atoms with E-state index in [9.17, 15) is 14.4 Å². The van der Waals surface area contributed by atoms with Crippen LogP contribution in [0.25, 0.3) is 22.3 Å². The van der Waals surface area contributed by atoms with Crippen LogP contribution >= 0.6 is 23.2 Å². The summed E-state index contributed by atoms with van der Waals surface area (Å²) in [5.41, 5.74) is 3.89. The van der Waals surface area contributed by atoms with Gasteiger partial charge >= 0.3 is 17.9 Å². The minimum atomic E-state index is -1.03. The van der Waals surface area contributed by atoms with Crippen molar-refractivity contribution in [1.29, 1.82) is 0 Å². The first-order valence-corrected chi connectivity index (χ1v) is 18.9. The van der Waals surface area contributed by atoms with E-state index in [-0.39, 0.29) is 23.8 Å². The van der Waals surface area contributed by atoms with Gasteiger partial charge in [0.1, 0.15) is 11.5 Å². The van der Waals surface area contributed by atoms with E-state index in [0.717, 1.165) is 36.0 Å². The van der Waals surface area contributed by atoms with Crippen molar-refractivity contribution in [2.24, 2.45) is 5.92 Å². The topological polar surface area (TPSA) is 88.1 Å². The minimum absolute atomic E-state index is 0.227. The highest BCUT2D eigenvalue weighted by Gasteiger charge is 2.21. The molecule has 7 nitrogen and oxygen atoms in total. The number of ether oxygens (including phenoxy) is 4. The van der Waals surface area contributed by atoms with E-state index >= 15 is 0 Å². The Bertz CT molecular complexity index is 1770. The number of unbranched alkanes of at least 4 members (excludes halogenated alkanes) is 6.